The number of amides is 1. The minimum Gasteiger partial charge on any atom is -0.354 e. The summed E-state index contributed by atoms with van der Waals surface area (Å²) >= 11 is 0. The van der Waals surface area contributed by atoms with Gasteiger partial charge in [-0.05, 0) is 30.7 Å². The third-order valence-electron chi connectivity index (χ3n) is 4.84. The normalized spacial score (nSPS) is 16.6. The molecule has 2 aromatic heterocycles. The molecule has 0 spiro atoms. The maximum atomic E-state index is 12.5. The van der Waals surface area contributed by atoms with E-state index in [4.69, 9.17) is 0 Å². The molecule has 1 atom stereocenters. The summed E-state index contributed by atoms with van der Waals surface area (Å²) in [5, 5.41) is 3.63. The maximum absolute atomic E-state index is 12.5. The number of anilines is 1. The molecule has 1 unspecified atom stereocenters. The Hall–Kier alpha value is -3.22. The van der Waals surface area contributed by atoms with Crippen LogP contribution in [0.2, 0.25) is 0 Å². The van der Waals surface area contributed by atoms with E-state index in [2.05, 4.69) is 20.2 Å². The fraction of sp³-hybridized carbons (Fsp3) is 0.300. The second-order valence-electron chi connectivity index (χ2n) is 6.70. The van der Waals surface area contributed by atoms with Crippen LogP contribution < -0.4 is 15.8 Å². The second-order valence-corrected chi connectivity index (χ2v) is 6.70. The largest absolute Gasteiger partial charge is 0.354 e. The molecule has 1 saturated heterocycles. The monoisotopic (exact) mass is 363 g/mol. The Labute approximate surface area is 156 Å². The first kappa shape index (κ1) is 17.2. The predicted molar refractivity (Wildman–Crippen MR) is 104 cm³/mol. The zero-order chi connectivity index (χ0) is 18.6. The van der Waals surface area contributed by atoms with E-state index < -0.39 is 0 Å². The fourth-order valence-electron chi connectivity index (χ4n) is 3.41. The summed E-state index contributed by atoms with van der Waals surface area (Å²) in [6.45, 7) is 1.94. The van der Waals surface area contributed by atoms with E-state index >= 15 is 0 Å². The second kappa shape index (κ2) is 7.57. The van der Waals surface area contributed by atoms with Gasteiger partial charge in [0.1, 0.15) is 5.82 Å². The van der Waals surface area contributed by atoms with Crippen molar-refractivity contribution in [3.8, 4) is 0 Å². The Kier molecular flexibility index (Phi) is 4.82. The van der Waals surface area contributed by atoms with Gasteiger partial charge in [0.05, 0.1) is 17.2 Å². The number of para-hydroxylation sites is 1. The van der Waals surface area contributed by atoms with Crippen LogP contribution in [0.1, 0.15) is 12.8 Å². The van der Waals surface area contributed by atoms with Crippen LogP contribution >= 0.6 is 0 Å². The lowest BCUT2D eigenvalue weighted by atomic mass is 10.2. The summed E-state index contributed by atoms with van der Waals surface area (Å²) in [6, 6.07) is 13.2. The van der Waals surface area contributed by atoms with Crippen LogP contribution in [0.5, 0.6) is 0 Å². The summed E-state index contributed by atoms with van der Waals surface area (Å²) in [7, 11) is 0. The molecule has 1 N–H and O–H groups in total. The Morgan fingerprint density at radius 1 is 1.15 bits per heavy atom. The molecule has 1 aliphatic heterocycles. The van der Waals surface area contributed by atoms with Crippen molar-refractivity contribution in [1.29, 1.82) is 0 Å². The first-order valence-corrected chi connectivity index (χ1v) is 9.10. The van der Waals surface area contributed by atoms with Crippen molar-refractivity contribution in [1.82, 2.24) is 19.9 Å². The highest BCUT2D eigenvalue weighted by Gasteiger charge is 2.24. The molecule has 3 heterocycles. The Morgan fingerprint density at radius 2 is 2.00 bits per heavy atom. The molecular formula is C20H21N5O2. The van der Waals surface area contributed by atoms with Crippen molar-refractivity contribution in [3.05, 3.63) is 65.3 Å². The number of aromatic nitrogens is 3. The highest BCUT2D eigenvalue weighted by Crippen LogP contribution is 2.17. The average Bonchev–Trinajstić information content (AvgIpc) is 3.17. The van der Waals surface area contributed by atoms with Crippen LogP contribution in [0.4, 0.5) is 5.82 Å². The Morgan fingerprint density at radius 3 is 2.85 bits per heavy atom. The molecule has 4 rings (SSSR count). The predicted octanol–water partition coefficient (Wildman–Crippen LogP) is 1.58. The lowest BCUT2D eigenvalue weighted by molar-refractivity contribution is -0.121. The van der Waals surface area contributed by atoms with Crippen molar-refractivity contribution in [2.75, 3.05) is 18.0 Å². The van der Waals surface area contributed by atoms with E-state index in [0.717, 1.165) is 25.3 Å². The van der Waals surface area contributed by atoms with E-state index in [-0.39, 0.29) is 23.9 Å². The Bertz CT molecular complexity index is 1000. The third-order valence-corrected chi connectivity index (χ3v) is 4.84. The Balaban J connectivity index is 1.33. The molecule has 138 valence electrons. The van der Waals surface area contributed by atoms with Gasteiger partial charge in [0.2, 0.25) is 5.91 Å². The molecule has 0 saturated carbocycles. The zero-order valence-electron chi connectivity index (χ0n) is 14.9. The number of rotatable bonds is 5. The van der Waals surface area contributed by atoms with Gasteiger partial charge in [0.15, 0.2) is 0 Å². The number of fused-ring (bicyclic) bond motifs is 1. The van der Waals surface area contributed by atoms with E-state index in [1.54, 1.807) is 18.3 Å². The molecule has 1 aliphatic rings. The number of benzene rings is 1. The summed E-state index contributed by atoms with van der Waals surface area (Å²) in [5.41, 5.74) is 0.555. The minimum atomic E-state index is -0.115. The first-order valence-electron chi connectivity index (χ1n) is 9.10. The molecule has 1 aromatic carbocycles. The molecule has 27 heavy (non-hydrogen) atoms. The molecular weight excluding hydrogens is 342 g/mol. The van der Waals surface area contributed by atoms with Crippen molar-refractivity contribution in [2.45, 2.75) is 25.4 Å². The SMILES string of the molecule is O=C(CCn1cnc2ccccc2c1=O)NC1CCN(c2ccccn2)C1. The van der Waals surface area contributed by atoms with E-state index in [1.165, 1.54) is 10.9 Å². The van der Waals surface area contributed by atoms with Gasteiger partial charge in [0.25, 0.3) is 5.56 Å². The highest BCUT2D eigenvalue weighted by molar-refractivity contribution is 5.77. The number of nitrogens with zero attached hydrogens (tertiary/aromatic N) is 4. The summed E-state index contributed by atoms with van der Waals surface area (Å²) in [4.78, 5) is 35.6. The molecule has 7 nitrogen and oxygen atoms in total. The van der Waals surface area contributed by atoms with Crippen LogP contribution in [0.15, 0.2) is 59.8 Å². The van der Waals surface area contributed by atoms with Gasteiger partial charge >= 0.3 is 0 Å². The summed E-state index contributed by atoms with van der Waals surface area (Å²) < 4.78 is 1.50. The van der Waals surface area contributed by atoms with Crippen molar-refractivity contribution in [3.63, 3.8) is 0 Å². The molecule has 0 bridgehead atoms. The van der Waals surface area contributed by atoms with Gasteiger partial charge in [-0.3, -0.25) is 14.2 Å². The van der Waals surface area contributed by atoms with Gasteiger partial charge in [-0.2, -0.15) is 0 Å². The van der Waals surface area contributed by atoms with E-state index in [1.807, 2.05) is 30.3 Å². The van der Waals surface area contributed by atoms with Gasteiger partial charge < -0.3 is 10.2 Å². The summed E-state index contributed by atoms with van der Waals surface area (Å²) in [6.07, 6.45) is 4.42. The third kappa shape index (κ3) is 3.81. The fourth-order valence-corrected chi connectivity index (χ4v) is 3.41. The van der Waals surface area contributed by atoms with Crippen molar-refractivity contribution >= 4 is 22.6 Å². The van der Waals surface area contributed by atoms with Gasteiger partial charge in [-0.1, -0.05) is 18.2 Å². The van der Waals surface area contributed by atoms with Gasteiger partial charge in [-0.15, -0.1) is 0 Å². The first-order chi connectivity index (χ1) is 13.2. The topological polar surface area (TPSA) is 80.1 Å². The molecule has 1 amide bonds. The zero-order valence-corrected chi connectivity index (χ0v) is 14.9. The lowest BCUT2D eigenvalue weighted by Gasteiger charge is -2.17. The van der Waals surface area contributed by atoms with Gasteiger partial charge in [0, 0.05) is 38.3 Å². The molecule has 1 fully saturated rings. The number of nitrogens with one attached hydrogen (secondary N) is 1. The lowest BCUT2D eigenvalue weighted by Crippen LogP contribution is -2.38. The standard InChI is InChI=1S/C20H21N5O2/c26-19(23-15-8-11-24(13-15)18-7-3-4-10-21-18)9-12-25-14-22-17-6-2-1-5-16(17)20(25)27/h1-7,10,14-15H,8-9,11-13H2,(H,23,26). The van der Waals surface area contributed by atoms with E-state index in [0.29, 0.717) is 17.4 Å². The van der Waals surface area contributed by atoms with Crippen LogP contribution in [0.3, 0.4) is 0 Å². The van der Waals surface area contributed by atoms with Gasteiger partial charge in [-0.25, -0.2) is 9.97 Å². The summed E-state index contributed by atoms with van der Waals surface area (Å²) in [5.74, 6) is 0.881. The smallest absolute Gasteiger partial charge is 0.261 e. The van der Waals surface area contributed by atoms with Crippen LogP contribution in [0, 0.1) is 0 Å². The van der Waals surface area contributed by atoms with Crippen LogP contribution in [0.25, 0.3) is 10.9 Å². The number of hydrogen-bond acceptors (Lipinski definition) is 5. The van der Waals surface area contributed by atoms with Crippen LogP contribution in [-0.4, -0.2) is 39.6 Å². The van der Waals surface area contributed by atoms with Crippen molar-refractivity contribution in [2.24, 2.45) is 0 Å². The molecule has 0 aliphatic carbocycles. The van der Waals surface area contributed by atoms with E-state index in [9.17, 15) is 9.59 Å². The molecule has 7 heteroatoms. The quantitative estimate of drug-likeness (QED) is 0.744. The van der Waals surface area contributed by atoms with Crippen LogP contribution in [-0.2, 0) is 11.3 Å². The molecule has 0 radical (unpaired) electrons. The van der Waals surface area contributed by atoms with Crippen molar-refractivity contribution < 1.29 is 4.79 Å². The number of carbonyl (C=O) groups excluding carboxylic acids is 1. The number of carbonyl (C=O) groups is 1. The number of pyridine rings is 1. The minimum absolute atomic E-state index is 0.0528. The number of hydrogen-bond donors (Lipinski definition) is 1. The maximum Gasteiger partial charge on any atom is 0.261 e. The highest BCUT2D eigenvalue weighted by atomic mass is 16.2. The average molecular weight is 363 g/mol. The number of aryl methyl sites for hydroxylation is 1. The molecule has 3 aromatic rings.